The molecule has 0 aliphatic carbocycles. The van der Waals surface area contributed by atoms with Crippen LogP contribution in [0.3, 0.4) is 0 Å². The van der Waals surface area contributed by atoms with Gasteiger partial charge in [-0.25, -0.2) is 5.43 Å². The number of hydrazone groups is 1. The first-order chi connectivity index (χ1) is 5.83. The van der Waals surface area contributed by atoms with Crippen molar-refractivity contribution in [3.8, 4) is 0 Å². The molecule has 0 aliphatic heterocycles. The zero-order chi connectivity index (χ0) is 8.81. The van der Waals surface area contributed by atoms with Gasteiger partial charge in [0.2, 0.25) is 5.91 Å². The zero-order valence-corrected chi connectivity index (χ0v) is 6.78. The molecule has 64 valence electrons. The summed E-state index contributed by atoms with van der Waals surface area (Å²) in [4.78, 5) is 10.7. The normalized spacial score (nSPS) is 10.4. The van der Waals surface area contributed by atoms with E-state index in [9.17, 15) is 4.79 Å². The highest BCUT2D eigenvalue weighted by atomic mass is 16.3. The van der Waals surface area contributed by atoms with Gasteiger partial charge in [-0.15, -0.1) is 0 Å². The van der Waals surface area contributed by atoms with Gasteiger partial charge in [0.15, 0.2) is 0 Å². The third-order valence-electron chi connectivity index (χ3n) is 1.25. The Bertz CT molecular complexity index is 265. The van der Waals surface area contributed by atoms with Crippen molar-refractivity contribution in [1.29, 1.82) is 0 Å². The van der Waals surface area contributed by atoms with E-state index in [1.165, 1.54) is 6.21 Å². The van der Waals surface area contributed by atoms with Crippen LogP contribution in [0.4, 0.5) is 0 Å². The van der Waals surface area contributed by atoms with E-state index >= 15 is 0 Å². The number of carbonyl (C=O) groups excluding carboxylic acids is 1. The largest absolute Gasteiger partial charge is 0.463 e. The van der Waals surface area contributed by atoms with Crippen LogP contribution in [0.2, 0.25) is 0 Å². The lowest BCUT2D eigenvalue weighted by Crippen LogP contribution is -2.15. The molecule has 0 aromatic carbocycles. The molecule has 0 aliphatic rings. The number of amides is 1. The molecule has 0 saturated heterocycles. The maximum Gasteiger partial charge on any atom is 0.239 e. The van der Waals surface area contributed by atoms with Crippen LogP contribution in [0.5, 0.6) is 0 Å². The number of furan rings is 1. The van der Waals surface area contributed by atoms with E-state index in [4.69, 9.17) is 4.42 Å². The fourth-order valence-corrected chi connectivity index (χ4v) is 0.612. The van der Waals surface area contributed by atoms with Gasteiger partial charge in [0.1, 0.15) is 5.76 Å². The Labute approximate surface area is 70.3 Å². The van der Waals surface area contributed by atoms with E-state index in [0.29, 0.717) is 12.2 Å². The first-order valence-corrected chi connectivity index (χ1v) is 3.68. The van der Waals surface area contributed by atoms with E-state index in [-0.39, 0.29) is 5.91 Å². The van der Waals surface area contributed by atoms with Crippen LogP contribution in [0.1, 0.15) is 19.1 Å². The smallest absolute Gasteiger partial charge is 0.239 e. The molecule has 1 aromatic heterocycles. The molecule has 1 rings (SSSR count). The Kier molecular flexibility index (Phi) is 3.07. The molecule has 0 saturated carbocycles. The summed E-state index contributed by atoms with van der Waals surface area (Å²) in [5.74, 6) is 0.504. The van der Waals surface area contributed by atoms with E-state index in [1.54, 1.807) is 25.3 Å². The number of nitrogens with zero attached hydrogens (tertiary/aromatic N) is 1. The molecule has 12 heavy (non-hydrogen) atoms. The second-order valence-electron chi connectivity index (χ2n) is 2.16. The van der Waals surface area contributed by atoms with Crippen molar-refractivity contribution in [2.75, 3.05) is 0 Å². The SMILES string of the molecule is CCC(=O)N/N=C/c1ccco1. The predicted molar refractivity (Wildman–Crippen MR) is 44.7 cm³/mol. The highest BCUT2D eigenvalue weighted by Crippen LogP contribution is 1.94. The second kappa shape index (κ2) is 4.33. The van der Waals surface area contributed by atoms with Crippen molar-refractivity contribution in [2.45, 2.75) is 13.3 Å². The Morgan fingerprint density at radius 2 is 2.67 bits per heavy atom. The van der Waals surface area contributed by atoms with Crippen LogP contribution in [0, 0.1) is 0 Å². The van der Waals surface area contributed by atoms with E-state index in [1.807, 2.05) is 0 Å². The second-order valence-corrected chi connectivity index (χ2v) is 2.16. The molecule has 0 atom stereocenters. The minimum Gasteiger partial charge on any atom is -0.463 e. The molecule has 1 aromatic rings. The zero-order valence-electron chi connectivity index (χ0n) is 6.78. The summed E-state index contributed by atoms with van der Waals surface area (Å²) in [5, 5.41) is 3.67. The number of rotatable bonds is 3. The van der Waals surface area contributed by atoms with E-state index in [2.05, 4.69) is 10.5 Å². The van der Waals surface area contributed by atoms with Crippen molar-refractivity contribution in [3.63, 3.8) is 0 Å². The third kappa shape index (κ3) is 2.57. The Balaban J connectivity index is 2.37. The van der Waals surface area contributed by atoms with Crippen molar-refractivity contribution < 1.29 is 9.21 Å². The summed E-state index contributed by atoms with van der Waals surface area (Å²) in [5.41, 5.74) is 2.34. The Morgan fingerprint density at radius 1 is 1.83 bits per heavy atom. The molecule has 1 amide bonds. The minimum atomic E-state index is -0.113. The van der Waals surface area contributed by atoms with Gasteiger partial charge in [-0.2, -0.15) is 5.10 Å². The van der Waals surface area contributed by atoms with Crippen LogP contribution in [-0.4, -0.2) is 12.1 Å². The molecule has 0 fully saturated rings. The maximum atomic E-state index is 10.7. The molecule has 0 radical (unpaired) electrons. The first kappa shape index (κ1) is 8.52. The maximum absolute atomic E-state index is 10.7. The van der Waals surface area contributed by atoms with Crippen LogP contribution in [0.15, 0.2) is 27.9 Å². The lowest BCUT2D eigenvalue weighted by molar-refractivity contribution is -0.120. The molecule has 4 heteroatoms. The van der Waals surface area contributed by atoms with Crippen molar-refractivity contribution in [3.05, 3.63) is 24.2 Å². The lowest BCUT2D eigenvalue weighted by atomic mass is 10.5. The monoisotopic (exact) mass is 166 g/mol. The summed E-state index contributed by atoms with van der Waals surface area (Å²) >= 11 is 0. The molecule has 0 bridgehead atoms. The van der Waals surface area contributed by atoms with Gasteiger partial charge in [0.25, 0.3) is 0 Å². The fourth-order valence-electron chi connectivity index (χ4n) is 0.612. The summed E-state index contributed by atoms with van der Waals surface area (Å²) in [6, 6.07) is 3.50. The molecular formula is C8H10N2O2. The molecule has 1 heterocycles. The van der Waals surface area contributed by atoms with E-state index in [0.717, 1.165) is 0 Å². The topological polar surface area (TPSA) is 54.6 Å². The van der Waals surface area contributed by atoms with Crippen LogP contribution in [0.25, 0.3) is 0 Å². The average Bonchev–Trinajstić information content (AvgIpc) is 2.57. The highest BCUT2D eigenvalue weighted by molar-refractivity contribution is 5.79. The summed E-state index contributed by atoms with van der Waals surface area (Å²) in [7, 11) is 0. The van der Waals surface area contributed by atoms with Gasteiger partial charge in [-0.3, -0.25) is 4.79 Å². The first-order valence-electron chi connectivity index (χ1n) is 3.68. The molecule has 0 spiro atoms. The van der Waals surface area contributed by atoms with Gasteiger partial charge in [0, 0.05) is 6.42 Å². The van der Waals surface area contributed by atoms with Crippen LogP contribution in [-0.2, 0) is 4.79 Å². The number of carbonyl (C=O) groups is 1. The quantitative estimate of drug-likeness (QED) is 0.540. The van der Waals surface area contributed by atoms with Crippen molar-refractivity contribution in [1.82, 2.24) is 5.43 Å². The third-order valence-corrected chi connectivity index (χ3v) is 1.25. The number of hydrogen-bond donors (Lipinski definition) is 1. The van der Waals surface area contributed by atoms with Crippen molar-refractivity contribution in [2.24, 2.45) is 5.10 Å². The Hall–Kier alpha value is -1.58. The van der Waals surface area contributed by atoms with Gasteiger partial charge in [-0.1, -0.05) is 6.92 Å². The lowest BCUT2D eigenvalue weighted by Gasteiger charge is -1.91. The fraction of sp³-hybridized carbons (Fsp3) is 0.250. The average molecular weight is 166 g/mol. The summed E-state index contributed by atoms with van der Waals surface area (Å²) in [6.07, 6.45) is 3.42. The van der Waals surface area contributed by atoms with Crippen LogP contribution < -0.4 is 5.43 Å². The highest BCUT2D eigenvalue weighted by Gasteiger charge is 1.92. The molecule has 1 N–H and O–H groups in total. The molecular weight excluding hydrogens is 156 g/mol. The van der Waals surface area contributed by atoms with Gasteiger partial charge < -0.3 is 4.42 Å². The summed E-state index contributed by atoms with van der Waals surface area (Å²) < 4.78 is 4.95. The molecule has 0 unspecified atom stereocenters. The molecule has 4 nitrogen and oxygen atoms in total. The number of nitrogens with one attached hydrogen (secondary N) is 1. The van der Waals surface area contributed by atoms with Gasteiger partial charge >= 0.3 is 0 Å². The minimum absolute atomic E-state index is 0.113. The Morgan fingerprint density at radius 3 is 3.25 bits per heavy atom. The van der Waals surface area contributed by atoms with Crippen molar-refractivity contribution >= 4 is 12.1 Å². The van der Waals surface area contributed by atoms with Crippen LogP contribution >= 0.6 is 0 Å². The summed E-state index contributed by atoms with van der Waals surface area (Å²) in [6.45, 7) is 1.76. The van der Waals surface area contributed by atoms with Gasteiger partial charge in [0.05, 0.1) is 12.5 Å². The predicted octanol–water partition coefficient (Wildman–Crippen LogP) is 1.14. The van der Waals surface area contributed by atoms with Gasteiger partial charge in [-0.05, 0) is 12.1 Å². The standard InChI is InChI=1S/C8H10N2O2/c1-2-8(11)10-9-6-7-4-3-5-12-7/h3-6H,2H2,1H3,(H,10,11)/b9-6+. The van der Waals surface area contributed by atoms with E-state index < -0.39 is 0 Å². The number of hydrogen-bond acceptors (Lipinski definition) is 3.